The number of aromatic amines is 1. The molecule has 0 amide bonds. The summed E-state index contributed by atoms with van der Waals surface area (Å²) in [5, 5.41) is 1.98. The fourth-order valence-electron chi connectivity index (χ4n) is 3.00. The van der Waals surface area contributed by atoms with Gasteiger partial charge in [0.15, 0.2) is 0 Å². The maximum absolute atomic E-state index is 6.40. The average molecular weight is 352 g/mol. The third-order valence-electron chi connectivity index (χ3n) is 4.41. The zero-order valence-corrected chi connectivity index (χ0v) is 15.3. The molecule has 0 aliphatic heterocycles. The number of hydrogen-bond donors (Lipinski definition) is 1. The van der Waals surface area contributed by atoms with Crippen LogP contribution in [0.3, 0.4) is 0 Å². The first-order valence-corrected chi connectivity index (χ1v) is 9.32. The Morgan fingerprint density at radius 3 is 2.46 bits per heavy atom. The maximum atomic E-state index is 6.40. The Morgan fingerprint density at radius 1 is 0.958 bits per heavy atom. The fourth-order valence-corrected chi connectivity index (χ4v) is 4.51. The summed E-state index contributed by atoms with van der Waals surface area (Å²) in [5.74, 6) is 0. The van der Waals surface area contributed by atoms with Gasteiger partial charge in [-0.2, -0.15) is 0 Å². The Kier molecular flexibility index (Phi) is 3.95. The lowest BCUT2D eigenvalue weighted by Crippen LogP contribution is -1.79. The van der Waals surface area contributed by atoms with Crippen LogP contribution < -0.4 is 0 Å². The van der Waals surface area contributed by atoms with Crippen LogP contribution in [-0.2, 0) is 6.42 Å². The summed E-state index contributed by atoms with van der Waals surface area (Å²) in [6, 6.07) is 19.2. The molecule has 2 aromatic carbocycles. The van der Waals surface area contributed by atoms with Crippen molar-refractivity contribution in [2.24, 2.45) is 0 Å². The molecule has 0 aliphatic rings. The second-order valence-corrected chi connectivity index (χ2v) is 7.52. The summed E-state index contributed by atoms with van der Waals surface area (Å²) in [6.07, 6.45) is 1.02. The SMILES string of the molecule is CCc1ccc(Cl)c2cc(-c3ccc(-c4ccc(C)cc4)[nH]3)sc12. The highest BCUT2D eigenvalue weighted by molar-refractivity contribution is 7.22. The molecule has 120 valence electrons. The monoisotopic (exact) mass is 351 g/mol. The van der Waals surface area contributed by atoms with Gasteiger partial charge in [-0.1, -0.05) is 54.4 Å². The van der Waals surface area contributed by atoms with E-state index in [1.165, 1.54) is 26.3 Å². The van der Waals surface area contributed by atoms with E-state index in [0.717, 1.165) is 28.2 Å². The second-order valence-electron chi connectivity index (χ2n) is 6.07. The fraction of sp³-hybridized carbons (Fsp3) is 0.143. The number of benzene rings is 2. The van der Waals surface area contributed by atoms with Crippen LogP contribution in [0.4, 0.5) is 0 Å². The van der Waals surface area contributed by atoms with Gasteiger partial charge in [-0.15, -0.1) is 11.3 Å². The Balaban J connectivity index is 1.78. The minimum Gasteiger partial charge on any atom is -0.354 e. The molecule has 2 aromatic heterocycles. The van der Waals surface area contributed by atoms with Crippen molar-refractivity contribution >= 4 is 33.0 Å². The number of rotatable bonds is 3. The number of thiophene rings is 1. The highest BCUT2D eigenvalue weighted by Gasteiger charge is 2.12. The molecule has 2 heterocycles. The molecule has 0 saturated heterocycles. The molecule has 0 atom stereocenters. The highest BCUT2D eigenvalue weighted by atomic mass is 35.5. The van der Waals surface area contributed by atoms with E-state index in [2.05, 4.69) is 67.4 Å². The van der Waals surface area contributed by atoms with E-state index in [1.807, 2.05) is 17.4 Å². The van der Waals surface area contributed by atoms with Crippen LogP contribution in [0, 0.1) is 6.92 Å². The lowest BCUT2D eigenvalue weighted by molar-refractivity contribution is 1.16. The van der Waals surface area contributed by atoms with Crippen molar-refractivity contribution in [2.45, 2.75) is 20.3 Å². The third kappa shape index (κ3) is 2.66. The normalized spacial score (nSPS) is 11.3. The zero-order chi connectivity index (χ0) is 16.7. The van der Waals surface area contributed by atoms with Gasteiger partial charge in [-0.25, -0.2) is 0 Å². The number of halogens is 1. The highest BCUT2D eigenvalue weighted by Crippen LogP contribution is 2.39. The van der Waals surface area contributed by atoms with Gasteiger partial charge in [0.25, 0.3) is 0 Å². The summed E-state index contributed by atoms with van der Waals surface area (Å²) in [6.45, 7) is 4.29. The second kappa shape index (κ2) is 6.12. The minimum absolute atomic E-state index is 0.829. The lowest BCUT2D eigenvalue weighted by atomic mass is 10.1. The molecule has 3 heteroatoms. The molecule has 1 N–H and O–H groups in total. The van der Waals surface area contributed by atoms with Gasteiger partial charge in [0, 0.05) is 20.8 Å². The van der Waals surface area contributed by atoms with Gasteiger partial charge in [0.1, 0.15) is 0 Å². The Labute approximate surface area is 150 Å². The zero-order valence-electron chi connectivity index (χ0n) is 13.7. The Hall–Kier alpha value is -2.03. The Morgan fingerprint density at radius 2 is 1.71 bits per heavy atom. The van der Waals surface area contributed by atoms with Crippen LogP contribution in [-0.4, -0.2) is 4.98 Å². The summed E-state index contributed by atoms with van der Waals surface area (Å²) in [4.78, 5) is 4.78. The number of H-pyrrole nitrogens is 1. The number of nitrogens with one attached hydrogen (secondary N) is 1. The Bertz CT molecular complexity index is 1010. The van der Waals surface area contributed by atoms with E-state index in [1.54, 1.807) is 0 Å². The molecule has 24 heavy (non-hydrogen) atoms. The van der Waals surface area contributed by atoms with Crippen LogP contribution in [0.1, 0.15) is 18.1 Å². The van der Waals surface area contributed by atoms with Crippen LogP contribution in [0.2, 0.25) is 5.02 Å². The van der Waals surface area contributed by atoms with Crippen LogP contribution in [0.25, 0.3) is 31.9 Å². The maximum Gasteiger partial charge on any atom is 0.0560 e. The van der Waals surface area contributed by atoms with Crippen molar-refractivity contribution in [3.63, 3.8) is 0 Å². The third-order valence-corrected chi connectivity index (χ3v) is 5.98. The van der Waals surface area contributed by atoms with Crippen molar-refractivity contribution in [3.8, 4) is 21.8 Å². The van der Waals surface area contributed by atoms with Crippen molar-refractivity contribution in [1.82, 2.24) is 4.98 Å². The molecule has 4 rings (SSSR count). The molecule has 0 bridgehead atoms. The summed E-state index contributed by atoms with van der Waals surface area (Å²) in [7, 11) is 0. The van der Waals surface area contributed by atoms with E-state index in [0.29, 0.717) is 0 Å². The first-order chi connectivity index (χ1) is 11.7. The largest absolute Gasteiger partial charge is 0.354 e. The quantitative estimate of drug-likeness (QED) is 0.405. The number of hydrogen-bond acceptors (Lipinski definition) is 1. The molecular formula is C21H18ClNS. The topological polar surface area (TPSA) is 15.8 Å². The van der Waals surface area contributed by atoms with E-state index in [-0.39, 0.29) is 0 Å². The number of aromatic nitrogens is 1. The van der Waals surface area contributed by atoms with E-state index >= 15 is 0 Å². The van der Waals surface area contributed by atoms with Crippen molar-refractivity contribution in [2.75, 3.05) is 0 Å². The van der Waals surface area contributed by atoms with Crippen molar-refractivity contribution in [3.05, 3.63) is 70.7 Å². The van der Waals surface area contributed by atoms with Crippen LogP contribution in [0.5, 0.6) is 0 Å². The van der Waals surface area contributed by atoms with Crippen LogP contribution in [0.15, 0.2) is 54.6 Å². The predicted molar refractivity (Wildman–Crippen MR) is 106 cm³/mol. The van der Waals surface area contributed by atoms with E-state index in [4.69, 9.17) is 11.6 Å². The average Bonchev–Trinajstić information content (AvgIpc) is 3.23. The summed E-state index contributed by atoms with van der Waals surface area (Å²) in [5.41, 5.74) is 6.13. The molecule has 1 nitrogen and oxygen atoms in total. The molecule has 0 saturated carbocycles. The smallest absolute Gasteiger partial charge is 0.0560 e. The van der Waals surface area contributed by atoms with Gasteiger partial charge in [0.05, 0.1) is 10.6 Å². The minimum atomic E-state index is 0.829. The number of fused-ring (bicyclic) bond motifs is 1. The van der Waals surface area contributed by atoms with Crippen molar-refractivity contribution in [1.29, 1.82) is 0 Å². The molecule has 0 aliphatic carbocycles. The van der Waals surface area contributed by atoms with Crippen molar-refractivity contribution < 1.29 is 0 Å². The van der Waals surface area contributed by atoms with E-state index < -0.39 is 0 Å². The summed E-state index contributed by atoms with van der Waals surface area (Å²) < 4.78 is 1.30. The van der Waals surface area contributed by atoms with Gasteiger partial charge in [-0.05, 0) is 48.7 Å². The molecule has 0 spiro atoms. The molecule has 0 unspecified atom stereocenters. The van der Waals surface area contributed by atoms with E-state index in [9.17, 15) is 0 Å². The first-order valence-electron chi connectivity index (χ1n) is 8.13. The molecular weight excluding hydrogens is 334 g/mol. The van der Waals surface area contributed by atoms with Gasteiger partial charge in [-0.3, -0.25) is 0 Å². The molecule has 4 aromatic rings. The first kappa shape index (κ1) is 15.5. The number of aryl methyl sites for hydroxylation is 2. The summed E-state index contributed by atoms with van der Waals surface area (Å²) >= 11 is 8.21. The van der Waals surface area contributed by atoms with Gasteiger partial charge in [0.2, 0.25) is 0 Å². The molecule has 0 radical (unpaired) electrons. The predicted octanol–water partition coefficient (Wildman–Crippen LogP) is 7.09. The standard InChI is InChI=1S/C21H18ClNS/c1-3-14-8-9-17(22)16-12-20(24-21(14)16)19-11-10-18(23-19)15-6-4-13(2)5-7-15/h4-12,23H,3H2,1-2H3. The van der Waals surface area contributed by atoms with Gasteiger partial charge >= 0.3 is 0 Å². The van der Waals surface area contributed by atoms with Gasteiger partial charge < -0.3 is 4.98 Å². The van der Waals surface area contributed by atoms with Crippen LogP contribution >= 0.6 is 22.9 Å². The lowest BCUT2D eigenvalue weighted by Gasteiger charge is -1.99. The molecule has 0 fully saturated rings.